The minimum atomic E-state index is -1.05. The molecule has 2 fully saturated rings. The first kappa shape index (κ1) is 23.4. The quantitative estimate of drug-likeness (QED) is 0.703. The summed E-state index contributed by atoms with van der Waals surface area (Å²) in [6, 6.07) is -0.908. The molecule has 0 spiro atoms. The lowest BCUT2D eigenvalue weighted by Gasteiger charge is -2.32. The molecule has 2 N–H and O–H groups in total. The summed E-state index contributed by atoms with van der Waals surface area (Å²) in [5, 5.41) is 13.0. The molecule has 0 saturated carbocycles. The summed E-state index contributed by atoms with van der Waals surface area (Å²) in [6.07, 6.45) is 5.52. The van der Waals surface area contributed by atoms with Crippen LogP contribution in [0.15, 0.2) is 6.20 Å². The Bertz CT molecular complexity index is 765. The number of aromatic nitrogens is 2. The lowest BCUT2D eigenvalue weighted by atomic mass is 10.0. The fraction of sp³-hybridized carbons (Fsp3) is 0.667. The van der Waals surface area contributed by atoms with Crippen LogP contribution in [0, 0.1) is 0 Å². The molecular weight excluding hydrogens is 421 g/mol. The lowest BCUT2D eigenvalue weighted by Crippen LogP contribution is -2.49. The first-order chi connectivity index (χ1) is 13.1. The number of fused-ring (bicyclic) bond motifs is 1. The minimum absolute atomic E-state index is 0. The van der Waals surface area contributed by atoms with Gasteiger partial charge in [-0.05, 0) is 38.8 Å². The van der Waals surface area contributed by atoms with Crippen molar-refractivity contribution >= 4 is 42.7 Å². The smallest absolute Gasteiger partial charge is 0.330 e. The average Bonchev–Trinajstić information content (AvgIpc) is 3.21. The average molecular weight is 448 g/mol. The number of piperidine rings is 2. The van der Waals surface area contributed by atoms with Crippen molar-refractivity contribution in [2.24, 2.45) is 0 Å². The van der Waals surface area contributed by atoms with Crippen LogP contribution in [0.3, 0.4) is 0 Å². The molecule has 0 aromatic carbocycles. The number of carboxylic acid groups (broad SMARTS) is 1. The van der Waals surface area contributed by atoms with Gasteiger partial charge in [0, 0.05) is 25.4 Å². The number of hydrogen-bond donors (Lipinski definition) is 2. The molecule has 11 heteroatoms. The highest BCUT2D eigenvalue weighted by Crippen LogP contribution is 2.26. The van der Waals surface area contributed by atoms with E-state index in [1.54, 1.807) is 10.8 Å². The fourth-order valence-electron chi connectivity index (χ4n) is 4.35. The van der Waals surface area contributed by atoms with Crippen LogP contribution in [0.2, 0.25) is 0 Å². The molecule has 3 aliphatic heterocycles. The van der Waals surface area contributed by atoms with Crippen LogP contribution in [0.25, 0.3) is 0 Å². The maximum atomic E-state index is 13.0. The summed E-state index contributed by atoms with van der Waals surface area (Å²) in [6.45, 7) is 2.74. The third kappa shape index (κ3) is 4.51. The molecule has 2 amide bonds. The first-order valence-electron chi connectivity index (χ1n) is 9.65. The van der Waals surface area contributed by atoms with E-state index in [0.29, 0.717) is 25.3 Å². The highest BCUT2D eigenvalue weighted by molar-refractivity contribution is 5.86. The maximum absolute atomic E-state index is 13.0. The second-order valence-electron chi connectivity index (χ2n) is 7.50. The Labute approximate surface area is 181 Å². The number of carbonyl (C=O) groups excluding carboxylic acids is 2. The normalized spacial score (nSPS) is 20.7. The summed E-state index contributed by atoms with van der Waals surface area (Å²) in [5.41, 5.74) is 0.794. The number of halogens is 2. The van der Waals surface area contributed by atoms with Crippen molar-refractivity contribution in [1.82, 2.24) is 24.7 Å². The number of carbonyl (C=O) groups is 3. The first-order valence-corrected chi connectivity index (χ1v) is 9.65. The van der Waals surface area contributed by atoms with Gasteiger partial charge in [0.15, 0.2) is 0 Å². The Morgan fingerprint density at radius 1 is 1.24 bits per heavy atom. The Hall–Kier alpha value is -1.84. The summed E-state index contributed by atoms with van der Waals surface area (Å²) in [7, 11) is 0. The number of rotatable bonds is 5. The second kappa shape index (κ2) is 9.77. The zero-order chi connectivity index (χ0) is 19.0. The van der Waals surface area contributed by atoms with E-state index in [1.807, 2.05) is 4.90 Å². The zero-order valence-corrected chi connectivity index (χ0v) is 17.7. The number of aliphatic carboxylic acids is 1. The fourth-order valence-corrected chi connectivity index (χ4v) is 4.35. The van der Waals surface area contributed by atoms with Gasteiger partial charge in [0.2, 0.25) is 5.91 Å². The van der Waals surface area contributed by atoms with Crippen molar-refractivity contribution in [1.29, 1.82) is 0 Å². The van der Waals surface area contributed by atoms with Gasteiger partial charge in [-0.1, -0.05) is 0 Å². The standard InChI is InChI=1S/C18H25N5O4.2ClH/c24-16-3-1-2-8-21(16)14(17(25)26)9-15-20-10-13-11-22(18(27)23(13)15)12-4-6-19-7-5-12;;/h10,12,14,19H,1-9,11H2,(H,25,26);2*1H. The van der Waals surface area contributed by atoms with Crippen LogP contribution in [0.4, 0.5) is 4.79 Å². The molecule has 29 heavy (non-hydrogen) atoms. The molecule has 0 aliphatic carbocycles. The number of imidazole rings is 1. The van der Waals surface area contributed by atoms with Gasteiger partial charge in [0.1, 0.15) is 11.9 Å². The molecule has 4 rings (SSSR count). The third-order valence-electron chi connectivity index (χ3n) is 5.82. The molecule has 3 aliphatic rings. The van der Waals surface area contributed by atoms with Gasteiger partial charge in [-0.15, -0.1) is 24.8 Å². The molecule has 9 nitrogen and oxygen atoms in total. The van der Waals surface area contributed by atoms with E-state index in [1.165, 1.54) is 4.90 Å². The van der Waals surface area contributed by atoms with Gasteiger partial charge in [-0.2, -0.15) is 0 Å². The molecule has 4 heterocycles. The van der Waals surface area contributed by atoms with E-state index >= 15 is 0 Å². The van der Waals surface area contributed by atoms with Crippen LogP contribution in [-0.4, -0.2) is 74.1 Å². The van der Waals surface area contributed by atoms with Gasteiger partial charge in [0.05, 0.1) is 18.4 Å². The molecule has 2 saturated heterocycles. The molecule has 1 aromatic heterocycles. The number of hydrogen-bond acceptors (Lipinski definition) is 5. The zero-order valence-electron chi connectivity index (χ0n) is 16.1. The van der Waals surface area contributed by atoms with Gasteiger partial charge < -0.3 is 20.2 Å². The second-order valence-corrected chi connectivity index (χ2v) is 7.50. The Morgan fingerprint density at radius 3 is 2.62 bits per heavy atom. The topological polar surface area (TPSA) is 108 Å². The van der Waals surface area contributed by atoms with Gasteiger partial charge >= 0.3 is 12.0 Å². The monoisotopic (exact) mass is 447 g/mol. The third-order valence-corrected chi connectivity index (χ3v) is 5.82. The minimum Gasteiger partial charge on any atom is -0.480 e. The predicted molar refractivity (Wildman–Crippen MR) is 110 cm³/mol. The van der Waals surface area contributed by atoms with Crippen LogP contribution < -0.4 is 5.32 Å². The van der Waals surface area contributed by atoms with E-state index in [0.717, 1.165) is 44.5 Å². The van der Waals surface area contributed by atoms with E-state index in [2.05, 4.69) is 10.3 Å². The highest BCUT2D eigenvalue weighted by Gasteiger charge is 2.38. The number of nitrogens with one attached hydrogen (secondary N) is 1. The molecule has 0 bridgehead atoms. The van der Waals surface area contributed by atoms with E-state index in [4.69, 9.17) is 0 Å². The summed E-state index contributed by atoms with van der Waals surface area (Å²) in [5.74, 6) is -0.759. The molecule has 1 unspecified atom stereocenters. The van der Waals surface area contributed by atoms with Crippen molar-refractivity contribution in [3.63, 3.8) is 0 Å². The lowest BCUT2D eigenvalue weighted by molar-refractivity contribution is -0.151. The van der Waals surface area contributed by atoms with Gasteiger partial charge in [0.25, 0.3) is 0 Å². The molecule has 0 radical (unpaired) electrons. The largest absolute Gasteiger partial charge is 0.480 e. The van der Waals surface area contributed by atoms with Crippen LogP contribution in [-0.2, 0) is 22.6 Å². The van der Waals surface area contributed by atoms with Gasteiger partial charge in [-0.25, -0.2) is 14.6 Å². The van der Waals surface area contributed by atoms with Crippen molar-refractivity contribution in [2.45, 2.75) is 57.2 Å². The predicted octanol–water partition coefficient (Wildman–Crippen LogP) is 1.27. The van der Waals surface area contributed by atoms with E-state index < -0.39 is 12.0 Å². The number of likely N-dealkylation sites (tertiary alicyclic amines) is 1. The Morgan fingerprint density at radius 2 is 1.97 bits per heavy atom. The Kier molecular flexibility index (Phi) is 7.90. The number of carboxylic acids is 1. The summed E-state index contributed by atoms with van der Waals surface area (Å²) in [4.78, 5) is 44.6. The van der Waals surface area contributed by atoms with Crippen molar-refractivity contribution in [2.75, 3.05) is 19.6 Å². The van der Waals surface area contributed by atoms with Crippen LogP contribution in [0.5, 0.6) is 0 Å². The molecule has 162 valence electrons. The van der Waals surface area contributed by atoms with Crippen molar-refractivity contribution in [3.05, 3.63) is 17.7 Å². The molecule has 1 aromatic rings. The summed E-state index contributed by atoms with van der Waals surface area (Å²) >= 11 is 0. The van der Waals surface area contributed by atoms with E-state index in [9.17, 15) is 19.5 Å². The SMILES string of the molecule is Cl.Cl.O=C(O)C(Cc1ncc2n1C(=O)N(C1CCNCC1)C2)N1CCCCC1=O. The van der Waals surface area contributed by atoms with Crippen LogP contribution in [0.1, 0.15) is 43.6 Å². The van der Waals surface area contributed by atoms with E-state index in [-0.39, 0.29) is 49.2 Å². The van der Waals surface area contributed by atoms with Crippen LogP contribution >= 0.6 is 24.8 Å². The summed E-state index contributed by atoms with van der Waals surface area (Å²) < 4.78 is 1.55. The molecular formula is C18H27Cl2N5O4. The van der Waals surface area contributed by atoms with Crippen molar-refractivity contribution < 1.29 is 19.5 Å². The number of nitrogens with zero attached hydrogens (tertiary/aromatic N) is 4. The number of amides is 2. The van der Waals surface area contributed by atoms with Gasteiger partial charge in [-0.3, -0.25) is 9.36 Å². The van der Waals surface area contributed by atoms with Crippen molar-refractivity contribution in [3.8, 4) is 0 Å². The highest BCUT2D eigenvalue weighted by atomic mass is 35.5. The maximum Gasteiger partial charge on any atom is 0.330 e. The Balaban J connectivity index is 0.00000150. The molecule has 1 atom stereocenters.